The van der Waals surface area contributed by atoms with Gasteiger partial charge in [0.05, 0.1) is 0 Å². The molecule has 4 N–H and O–H groups in total. The lowest BCUT2D eigenvalue weighted by Crippen LogP contribution is -2.32. The van der Waals surface area contributed by atoms with E-state index in [2.05, 4.69) is 10.3 Å². The van der Waals surface area contributed by atoms with Crippen LogP contribution in [0.4, 0.5) is 5.82 Å². The summed E-state index contributed by atoms with van der Waals surface area (Å²) in [5.74, 6) is 0.506. The van der Waals surface area contributed by atoms with E-state index in [-0.39, 0.29) is 0 Å². The second-order valence-corrected chi connectivity index (χ2v) is 2.78. The highest BCUT2D eigenvalue weighted by Crippen LogP contribution is 1.98. The van der Waals surface area contributed by atoms with Crippen molar-refractivity contribution in [2.45, 2.75) is 13.5 Å². The molecule has 1 aromatic heterocycles. The summed E-state index contributed by atoms with van der Waals surface area (Å²) in [6, 6.07) is 1.35. The predicted molar refractivity (Wildman–Crippen MR) is 54.5 cm³/mol. The Labute approximate surface area is 80.8 Å². The molecule has 0 aromatic carbocycles. The molecule has 1 rings (SSSR count). The van der Waals surface area contributed by atoms with E-state index in [4.69, 9.17) is 5.73 Å². The van der Waals surface area contributed by atoms with E-state index >= 15 is 0 Å². The SMILES string of the molecule is CCn1c(NCCN)cc(=O)[nH]c1=O. The molecule has 6 nitrogen and oxygen atoms in total. The van der Waals surface area contributed by atoms with Crippen molar-refractivity contribution >= 4 is 5.82 Å². The molecule has 1 heterocycles. The Bertz CT molecular complexity index is 407. The van der Waals surface area contributed by atoms with Gasteiger partial charge in [0.25, 0.3) is 5.56 Å². The molecule has 0 amide bonds. The molecule has 0 saturated carbocycles. The fourth-order valence-electron chi connectivity index (χ4n) is 1.18. The monoisotopic (exact) mass is 198 g/mol. The summed E-state index contributed by atoms with van der Waals surface area (Å²) in [7, 11) is 0. The number of hydrogen-bond acceptors (Lipinski definition) is 4. The highest BCUT2D eigenvalue weighted by atomic mass is 16.2. The van der Waals surface area contributed by atoms with E-state index in [1.165, 1.54) is 10.6 Å². The summed E-state index contributed by atoms with van der Waals surface area (Å²) < 4.78 is 1.44. The minimum absolute atomic E-state index is 0.403. The first-order valence-corrected chi connectivity index (χ1v) is 4.47. The molecule has 0 fully saturated rings. The third-order valence-electron chi connectivity index (χ3n) is 1.80. The Morgan fingerprint density at radius 3 is 2.86 bits per heavy atom. The standard InChI is InChI=1S/C8H14N4O2/c1-2-12-6(10-4-3-9)5-7(13)11-8(12)14/h5,10H,2-4,9H2,1H3,(H,11,13,14). The molecule has 0 saturated heterocycles. The van der Waals surface area contributed by atoms with Crippen LogP contribution in [0.1, 0.15) is 6.92 Å². The van der Waals surface area contributed by atoms with Gasteiger partial charge in [-0.3, -0.25) is 14.3 Å². The van der Waals surface area contributed by atoms with Crippen molar-refractivity contribution in [3.05, 3.63) is 26.9 Å². The summed E-state index contributed by atoms with van der Waals surface area (Å²) in [6.07, 6.45) is 0. The third kappa shape index (κ3) is 2.23. The minimum atomic E-state index is -0.403. The number of nitrogens with zero attached hydrogens (tertiary/aromatic N) is 1. The Morgan fingerprint density at radius 2 is 2.29 bits per heavy atom. The maximum absolute atomic E-state index is 11.3. The topological polar surface area (TPSA) is 92.9 Å². The zero-order chi connectivity index (χ0) is 10.6. The number of aromatic nitrogens is 2. The Morgan fingerprint density at radius 1 is 1.57 bits per heavy atom. The van der Waals surface area contributed by atoms with Crippen molar-refractivity contribution in [1.29, 1.82) is 0 Å². The van der Waals surface area contributed by atoms with E-state index in [0.717, 1.165) is 0 Å². The molecule has 0 atom stereocenters. The van der Waals surface area contributed by atoms with Gasteiger partial charge in [-0.05, 0) is 6.92 Å². The number of hydrogen-bond donors (Lipinski definition) is 3. The molecule has 78 valence electrons. The normalized spacial score (nSPS) is 10.1. The lowest BCUT2D eigenvalue weighted by atomic mass is 10.5. The van der Waals surface area contributed by atoms with Crippen LogP contribution in [0.2, 0.25) is 0 Å². The number of H-pyrrole nitrogens is 1. The number of aromatic amines is 1. The quantitative estimate of drug-likeness (QED) is 0.574. The van der Waals surface area contributed by atoms with Crippen LogP contribution in [-0.2, 0) is 6.54 Å². The maximum Gasteiger partial charge on any atom is 0.329 e. The van der Waals surface area contributed by atoms with Crippen LogP contribution >= 0.6 is 0 Å². The van der Waals surface area contributed by atoms with Crippen LogP contribution < -0.4 is 22.3 Å². The smallest absolute Gasteiger partial charge is 0.329 e. The van der Waals surface area contributed by atoms with Gasteiger partial charge in [0, 0.05) is 25.7 Å². The lowest BCUT2D eigenvalue weighted by molar-refractivity contribution is 0.697. The lowest BCUT2D eigenvalue weighted by Gasteiger charge is -2.10. The first-order chi connectivity index (χ1) is 6.69. The van der Waals surface area contributed by atoms with Crippen molar-refractivity contribution in [2.24, 2.45) is 5.73 Å². The van der Waals surface area contributed by atoms with Gasteiger partial charge < -0.3 is 11.1 Å². The molecule has 1 aromatic rings. The number of rotatable bonds is 4. The van der Waals surface area contributed by atoms with Crippen molar-refractivity contribution in [3.63, 3.8) is 0 Å². The fourth-order valence-corrected chi connectivity index (χ4v) is 1.18. The molecule has 0 unspecified atom stereocenters. The number of nitrogens with one attached hydrogen (secondary N) is 2. The van der Waals surface area contributed by atoms with Crippen molar-refractivity contribution in [1.82, 2.24) is 9.55 Å². The molecule has 0 radical (unpaired) electrons. The largest absolute Gasteiger partial charge is 0.370 e. The zero-order valence-corrected chi connectivity index (χ0v) is 8.04. The number of nitrogens with two attached hydrogens (primary N) is 1. The van der Waals surface area contributed by atoms with Gasteiger partial charge in [0.1, 0.15) is 5.82 Å². The van der Waals surface area contributed by atoms with Crippen LogP contribution in [0.15, 0.2) is 15.7 Å². The van der Waals surface area contributed by atoms with E-state index in [1.807, 2.05) is 6.92 Å². The summed E-state index contributed by atoms with van der Waals surface area (Å²) >= 11 is 0. The molecule has 0 spiro atoms. The van der Waals surface area contributed by atoms with E-state index in [1.54, 1.807) is 0 Å². The van der Waals surface area contributed by atoms with Crippen molar-refractivity contribution < 1.29 is 0 Å². The highest BCUT2D eigenvalue weighted by molar-refractivity contribution is 5.33. The van der Waals surface area contributed by atoms with Gasteiger partial charge >= 0.3 is 5.69 Å². The van der Waals surface area contributed by atoms with Crippen molar-refractivity contribution in [2.75, 3.05) is 18.4 Å². The molecular formula is C8H14N4O2. The second kappa shape index (κ2) is 4.61. The van der Waals surface area contributed by atoms with Crippen LogP contribution in [0.3, 0.4) is 0 Å². The van der Waals surface area contributed by atoms with Crippen LogP contribution in [0, 0.1) is 0 Å². The molecule has 0 aliphatic heterocycles. The van der Waals surface area contributed by atoms with E-state index in [9.17, 15) is 9.59 Å². The summed E-state index contributed by atoms with van der Waals surface area (Å²) in [4.78, 5) is 24.5. The van der Waals surface area contributed by atoms with Gasteiger partial charge in [-0.25, -0.2) is 4.79 Å². The Hall–Kier alpha value is -1.56. The highest BCUT2D eigenvalue weighted by Gasteiger charge is 2.02. The molecule has 6 heteroatoms. The molecule has 0 aliphatic carbocycles. The average molecular weight is 198 g/mol. The van der Waals surface area contributed by atoms with Gasteiger partial charge in [-0.1, -0.05) is 0 Å². The molecule has 14 heavy (non-hydrogen) atoms. The van der Waals surface area contributed by atoms with Crippen LogP contribution in [-0.4, -0.2) is 22.6 Å². The predicted octanol–water partition coefficient (Wildman–Crippen LogP) is -1.07. The van der Waals surface area contributed by atoms with Gasteiger partial charge in [-0.15, -0.1) is 0 Å². The maximum atomic E-state index is 11.3. The third-order valence-corrected chi connectivity index (χ3v) is 1.80. The summed E-state index contributed by atoms with van der Waals surface area (Å²) in [6.45, 7) is 3.31. The Kier molecular flexibility index (Phi) is 3.47. The van der Waals surface area contributed by atoms with Gasteiger partial charge in [0.15, 0.2) is 0 Å². The zero-order valence-electron chi connectivity index (χ0n) is 8.04. The minimum Gasteiger partial charge on any atom is -0.370 e. The second-order valence-electron chi connectivity index (χ2n) is 2.78. The molecule has 0 aliphatic rings. The molecular weight excluding hydrogens is 184 g/mol. The first-order valence-electron chi connectivity index (χ1n) is 4.47. The van der Waals surface area contributed by atoms with E-state index < -0.39 is 11.2 Å². The van der Waals surface area contributed by atoms with Crippen molar-refractivity contribution in [3.8, 4) is 0 Å². The first kappa shape index (κ1) is 10.5. The van der Waals surface area contributed by atoms with Crippen LogP contribution in [0.25, 0.3) is 0 Å². The summed E-state index contributed by atoms with van der Waals surface area (Å²) in [5, 5.41) is 2.91. The van der Waals surface area contributed by atoms with Gasteiger partial charge in [0.2, 0.25) is 0 Å². The number of anilines is 1. The van der Waals surface area contributed by atoms with Crippen LogP contribution in [0.5, 0.6) is 0 Å². The van der Waals surface area contributed by atoms with Gasteiger partial charge in [-0.2, -0.15) is 0 Å². The molecule has 0 bridgehead atoms. The fraction of sp³-hybridized carbons (Fsp3) is 0.500. The van der Waals surface area contributed by atoms with E-state index in [0.29, 0.717) is 25.5 Å². The summed E-state index contributed by atoms with van der Waals surface area (Å²) in [5.41, 5.74) is 4.50. The average Bonchev–Trinajstić information content (AvgIpc) is 2.14. The Balaban J connectivity index is 3.12.